The normalized spacial score (nSPS) is 30.8. The average molecular weight is 202 g/mol. The highest BCUT2D eigenvalue weighted by atomic mass is 16.7. The first-order valence-electron chi connectivity index (χ1n) is 4.33. The second kappa shape index (κ2) is 2.93. The number of primary amides is 2. The quantitative estimate of drug-likeness (QED) is 0.370. The number of epoxide rings is 1. The van der Waals surface area contributed by atoms with Crippen LogP contribution in [0.15, 0.2) is 0 Å². The van der Waals surface area contributed by atoms with Gasteiger partial charge in [-0.2, -0.15) is 0 Å². The van der Waals surface area contributed by atoms with E-state index in [-0.39, 0.29) is 6.42 Å². The minimum atomic E-state index is -1.84. The van der Waals surface area contributed by atoms with E-state index in [0.29, 0.717) is 0 Å². The summed E-state index contributed by atoms with van der Waals surface area (Å²) in [6.07, 6.45) is -0.691. The van der Waals surface area contributed by atoms with Crippen LogP contribution in [0.25, 0.3) is 0 Å². The second-order valence-corrected chi connectivity index (χ2v) is 3.43. The molecule has 1 aliphatic rings. The molecule has 6 nitrogen and oxygen atoms in total. The maximum Gasteiger partial charge on any atom is 0.262 e. The predicted molar refractivity (Wildman–Crippen MR) is 46.9 cm³/mol. The number of aliphatic hydroxyl groups excluding tert-OH is 1. The molecule has 1 saturated heterocycles. The average Bonchev–Trinajstić information content (AvgIpc) is 2.75. The van der Waals surface area contributed by atoms with Crippen LogP contribution >= 0.6 is 0 Å². The molecule has 2 amide bonds. The van der Waals surface area contributed by atoms with Crippen molar-refractivity contribution in [2.45, 2.75) is 37.6 Å². The Labute approximate surface area is 81.2 Å². The molecule has 0 aromatic heterocycles. The highest BCUT2D eigenvalue weighted by Gasteiger charge is 2.79. The maximum atomic E-state index is 11.1. The standard InChI is InChI=1S/C8H14N2O4/c1-3-7(4(2)11)8(14-7,5(9)12)6(10)13/h4,11H,3H2,1-2H3,(H2,9,12)(H2,10,13). The molecule has 0 aromatic rings. The van der Waals surface area contributed by atoms with Crippen molar-refractivity contribution in [3.63, 3.8) is 0 Å². The van der Waals surface area contributed by atoms with Gasteiger partial charge in [0.1, 0.15) is 5.60 Å². The van der Waals surface area contributed by atoms with E-state index in [1.165, 1.54) is 6.92 Å². The minimum Gasteiger partial charge on any atom is -0.390 e. The van der Waals surface area contributed by atoms with Crippen molar-refractivity contribution in [3.05, 3.63) is 0 Å². The number of carbonyl (C=O) groups excluding carboxylic acids is 2. The molecule has 2 atom stereocenters. The summed E-state index contributed by atoms with van der Waals surface area (Å²) >= 11 is 0. The van der Waals surface area contributed by atoms with E-state index in [4.69, 9.17) is 16.2 Å². The van der Waals surface area contributed by atoms with Crippen LogP contribution in [0.1, 0.15) is 20.3 Å². The summed E-state index contributed by atoms with van der Waals surface area (Å²) < 4.78 is 5.03. The Bertz CT molecular complexity index is 275. The van der Waals surface area contributed by atoms with Gasteiger partial charge in [0.25, 0.3) is 17.4 Å². The van der Waals surface area contributed by atoms with Crippen LogP contribution in [0.5, 0.6) is 0 Å². The molecule has 2 unspecified atom stereocenters. The van der Waals surface area contributed by atoms with Gasteiger partial charge in [-0.1, -0.05) is 6.92 Å². The van der Waals surface area contributed by atoms with E-state index in [9.17, 15) is 14.7 Å². The Kier molecular flexibility index (Phi) is 2.29. The van der Waals surface area contributed by atoms with E-state index in [2.05, 4.69) is 0 Å². The van der Waals surface area contributed by atoms with Gasteiger partial charge in [0.2, 0.25) is 0 Å². The van der Waals surface area contributed by atoms with Crippen molar-refractivity contribution in [1.29, 1.82) is 0 Å². The van der Waals surface area contributed by atoms with Crippen LogP contribution in [0.2, 0.25) is 0 Å². The first kappa shape index (κ1) is 10.9. The number of amides is 2. The molecule has 5 N–H and O–H groups in total. The minimum absolute atomic E-state index is 0.288. The zero-order valence-corrected chi connectivity index (χ0v) is 8.11. The van der Waals surface area contributed by atoms with Gasteiger partial charge in [0, 0.05) is 0 Å². The molecular formula is C8H14N2O4. The Morgan fingerprint density at radius 3 is 1.93 bits per heavy atom. The van der Waals surface area contributed by atoms with Gasteiger partial charge in [0.05, 0.1) is 6.10 Å². The van der Waals surface area contributed by atoms with Crippen molar-refractivity contribution in [2.75, 3.05) is 0 Å². The summed E-state index contributed by atoms with van der Waals surface area (Å²) in [7, 11) is 0. The summed E-state index contributed by atoms with van der Waals surface area (Å²) in [5.41, 5.74) is 7.01. The summed E-state index contributed by atoms with van der Waals surface area (Å²) in [5, 5.41) is 9.44. The summed E-state index contributed by atoms with van der Waals surface area (Å²) in [6.45, 7) is 3.11. The fraction of sp³-hybridized carbons (Fsp3) is 0.750. The third kappa shape index (κ3) is 0.978. The number of aliphatic hydroxyl groups is 1. The molecule has 14 heavy (non-hydrogen) atoms. The van der Waals surface area contributed by atoms with Gasteiger partial charge in [0.15, 0.2) is 0 Å². The third-order valence-electron chi connectivity index (χ3n) is 2.78. The van der Waals surface area contributed by atoms with Crippen LogP contribution in [0.3, 0.4) is 0 Å². The van der Waals surface area contributed by atoms with E-state index in [1.54, 1.807) is 6.92 Å². The highest BCUT2D eigenvalue weighted by molar-refractivity contribution is 6.12. The summed E-state index contributed by atoms with van der Waals surface area (Å²) in [4.78, 5) is 22.2. The van der Waals surface area contributed by atoms with E-state index < -0.39 is 29.1 Å². The fourth-order valence-electron chi connectivity index (χ4n) is 1.88. The van der Waals surface area contributed by atoms with Crippen molar-refractivity contribution in [1.82, 2.24) is 0 Å². The molecule has 80 valence electrons. The lowest BCUT2D eigenvalue weighted by Crippen LogP contribution is -2.52. The Morgan fingerprint density at radius 2 is 1.86 bits per heavy atom. The molecule has 1 fully saturated rings. The fourth-order valence-corrected chi connectivity index (χ4v) is 1.88. The smallest absolute Gasteiger partial charge is 0.262 e. The number of ether oxygens (including phenoxy) is 1. The maximum absolute atomic E-state index is 11.1. The van der Waals surface area contributed by atoms with Gasteiger partial charge in [-0.3, -0.25) is 9.59 Å². The number of carbonyl (C=O) groups is 2. The van der Waals surface area contributed by atoms with Gasteiger partial charge in [-0.15, -0.1) is 0 Å². The van der Waals surface area contributed by atoms with Gasteiger partial charge >= 0.3 is 0 Å². The molecule has 1 heterocycles. The Balaban J connectivity index is 3.10. The Morgan fingerprint density at radius 1 is 1.43 bits per heavy atom. The van der Waals surface area contributed by atoms with Crippen LogP contribution in [-0.2, 0) is 14.3 Å². The molecule has 1 aliphatic heterocycles. The van der Waals surface area contributed by atoms with Crippen LogP contribution < -0.4 is 11.5 Å². The largest absolute Gasteiger partial charge is 0.390 e. The second-order valence-electron chi connectivity index (χ2n) is 3.43. The molecule has 0 spiro atoms. The molecule has 1 rings (SSSR count). The summed E-state index contributed by atoms with van der Waals surface area (Å²) in [6, 6.07) is 0. The highest BCUT2D eigenvalue weighted by Crippen LogP contribution is 2.52. The molecule has 0 saturated carbocycles. The lowest BCUT2D eigenvalue weighted by molar-refractivity contribution is -0.133. The predicted octanol–water partition coefficient (Wildman–Crippen LogP) is -1.74. The summed E-state index contributed by atoms with van der Waals surface area (Å²) in [5.74, 6) is -1.90. The number of nitrogens with two attached hydrogens (primary N) is 2. The van der Waals surface area contributed by atoms with Gasteiger partial charge in [-0.25, -0.2) is 0 Å². The van der Waals surface area contributed by atoms with E-state index in [0.717, 1.165) is 0 Å². The molecule has 0 aromatic carbocycles. The molecule has 0 aliphatic carbocycles. The molecular weight excluding hydrogens is 188 g/mol. The van der Waals surface area contributed by atoms with Crippen LogP contribution in [0.4, 0.5) is 0 Å². The topological polar surface area (TPSA) is 119 Å². The molecule has 0 radical (unpaired) electrons. The first-order valence-corrected chi connectivity index (χ1v) is 4.33. The van der Waals surface area contributed by atoms with Crippen molar-refractivity contribution in [2.24, 2.45) is 11.5 Å². The zero-order valence-electron chi connectivity index (χ0n) is 8.11. The van der Waals surface area contributed by atoms with Gasteiger partial charge < -0.3 is 21.3 Å². The first-order chi connectivity index (χ1) is 6.35. The van der Waals surface area contributed by atoms with Crippen molar-refractivity contribution < 1.29 is 19.4 Å². The van der Waals surface area contributed by atoms with Crippen molar-refractivity contribution in [3.8, 4) is 0 Å². The third-order valence-corrected chi connectivity index (χ3v) is 2.78. The van der Waals surface area contributed by atoms with Crippen molar-refractivity contribution >= 4 is 11.8 Å². The number of rotatable bonds is 4. The monoisotopic (exact) mass is 202 g/mol. The van der Waals surface area contributed by atoms with Crippen LogP contribution in [-0.4, -0.2) is 34.2 Å². The number of hydrogen-bond acceptors (Lipinski definition) is 4. The lowest BCUT2D eigenvalue weighted by Gasteiger charge is -2.16. The van der Waals surface area contributed by atoms with Crippen LogP contribution in [0, 0.1) is 0 Å². The van der Waals surface area contributed by atoms with E-state index >= 15 is 0 Å². The Hall–Kier alpha value is -1.14. The van der Waals surface area contributed by atoms with E-state index in [1.807, 2.05) is 0 Å². The number of hydrogen-bond donors (Lipinski definition) is 3. The molecule has 6 heteroatoms. The lowest BCUT2D eigenvalue weighted by atomic mass is 9.85. The molecule has 0 bridgehead atoms. The SMILES string of the molecule is CCC1(C(C)O)OC1(C(N)=O)C(N)=O. The van der Waals surface area contributed by atoms with Gasteiger partial charge in [-0.05, 0) is 13.3 Å². The zero-order chi connectivity index (χ0) is 11.1.